The lowest BCUT2D eigenvalue weighted by molar-refractivity contribution is 0.377. The number of anilines is 1. The molecule has 0 aromatic carbocycles. The molecule has 3 rings (SSSR count). The lowest BCUT2D eigenvalue weighted by Gasteiger charge is -2.04. The third-order valence-corrected chi connectivity index (χ3v) is 2.63. The summed E-state index contributed by atoms with van der Waals surface area (Å²) >= 11 is 5.82. The molecule has 0 unspecified atom stereocenters. The number of rotatable bonds is 4. The maximum absolute atomic E-state index is 5.82. The summed E-state index contributed by atoms with van der Waals surface area (Å²) in [7, 11) is 0. The van der Waals surface area contributed by atoms with Crippen molar-refractivity contribution in [2.75, 3.05) is 11.9 Å². The van der Waals surface area contributed by atoms with Gasteiger partial charge in [0.15, 0.2) is 17.3 Å². The molecule has 3 aromatic heterocycles. The topological polar surface area (TPSA) is 105 Å². The number of nitrogens with zero attached hydrogens (tertiary/aromatic N) is 5. The Hall–Kier alpha value is -2.22. The number of halogens is 1. The minimum absolute atomic E-state index is 0.149. The first-order valence-electron chi connectivity index (χ1n) is 5.62. The van der Waals surface area contributed by atoms with E-state index in [2.05, 4.69) is 35.4 Å². The van der Waals surface area contributed by atoms with E-state index in [0.717, 1.165) is 0 Å². The third-order valence-electron chi connectivity index (χ3n) is 2.46. The molecule has 0 amide bonds. The molecule has 3 aromatic rings. The first-order valence-corrected chi connectivity index (χ1v) is 6.00. The van der Waals surface area contributed by atoms with Gasteiger partial charge in [0.25, 0.3) is 0 Å². The van der Waals surface area contributed by atoms with E-state index in [1.165, 1.54) is 0 Å². The van der Waals surface area contributed by atoms with Gasteiger partial charge in [-0.05, 0) is 18.5 Å². The number of aromatic amines is 1. The quantitative estimate of drug-likeness (QED) is 0.694. The van der Waals surface area contributed by atoms with E-state index in [1.807, 2.05) is 0 Å². The van der Waals surface area contributed by atoms with Gasteiger partial charge in [-0.15, -0.1) is 0 Å². The molecule has 0 aliphatic carbocycles. The van der Waals surface area contributed by atoms with Gasteiger partial charge >= 0.3 is 0 Å². The normalized spacial score (nSPS) is 11.1. The molecule has 0 spiro atoms. The Labute approximate surface area is 112 Å². The van der Waals surface area contributed by atoms with Crippen LogP contribution in [0.2, 0.25) is 5.28 Å². The molecule has 0 atom stereocenters. The summed E-state index contributed by atoms with van der Waals surface area (Å²) in [5.41, 5.74) is 1.24. The van der Waals surface area contributed by atoms with E-state index in [0.29, 0.717) is 41.7 Å². The Bertz CT molecular complexity index is 707. The maximum atomic E-state index is 5.82. The standard InChI is InChI=1S/C10H10ClN7O/c1-5-15-6(19-18-5)2-3-12-8-7-9(14-4-13-7)17-10(11)16-8/h4H,2-3H2,1H3,(H2,12,13,14,16,17). The average molecular weight is 280 g/mol. The zero-order chi connectivity index (χ0) is 13.2. The number of hydrogen-bond acceptors (Lipinski definition) is 7. The number of aryl methyl sites for hydroxylation is 1. The van der Waals surface area contributed by atoms with Crippen LogP contribution in [0, 0.1) is 6.92 Å². The largest absolute Gasteiger partial charge is 0.368 e. The van der Waals surface area contributed by atoms with Gasteiger partial charge in [0, 0.05) is 13.0 Å². The minimum atomic E-state index is 0.149. The van der Waals surface area contributed by atoms with Crippen molar-refractivity contribution in [1.82, 2.24) is 30.1 Å². The van der Waals surface area contributed by atoms with Crippen molar-refractivity contribution >= 4 is 28.6 Å². The van der Waals surface area contributed by atoms with Gasteiger partial charge in [-0.25, -0.2) is 4.98 Å². The molecule has 8 nitrogen and oxygen atoms in total. The van der Waals surface area contributed by atoms with E-state index in [-0.39, 0.29) is 5.28 Å². The van der Waals surface area contributed by atoms with Crippen molar-refractivity contribution < 1.29 is 4.52 Å². The SMILES string of the molecule is Cc1noc(CCNc2nc(Cl)nc3nc[nH]c23)n1. The number of hydrogen-bond donors (Lipinski definition) is 2. The average Bonchev–Trinajstić information content (AvgIpc) is 2.98. The molecular formula is C10H10ClN7O. The second-order valence-electron chi connectivity index (χ2n) is 3.85. The zero-order valence-electron chi connectivity index (χ0n) is 10.0. The number of imidazole rings is 1. The number of H-pyrrole nitrogens is 1. The zero-order valence-corrected chi connectivity index (χ0v) is 10.8. The summed E-state index contributed by atoms with van der Waals surface area (Å²) in [5.74, 6) is 1.80. The molecule has 0 radical (unpaired) electrons. The molecule has 0 fully saturated rings. The van der Waals surface area contributed by atoms with Gasteiger partial charge in [-0.2, -0.15) is 15.0 Å². The Morgan fingerprint density at radius 1 is 1.37 bits per heavy atom. The summed E-state index contributed by atoms with van der Waals surface area (Å²) in [6.07, 6.45) is 2.14. The summed E-state index contributed by atoms with van der Waals surface area (Å²) in [4.78, 5) is 19.2. The van der Waals surface area contributed by atoms with Crippen molar-refractivity contribution in [2.24, 2.45) is 0 Å². The molecule has 19 heavy (non-hydrogen) atoms. The van der Waals surface area contributed by atoms with E-state index >= 15 is 0 Å². The van der Waals surface area contributed by atoms with Crippen molar-refractivity contribution in [3.05, 3.63) is 23.3 Å². The molecule has 0 saturated heterocycles. The van der Waals surface area contributed by atoms with Crippen LogP contribution in [0.3, 0.4) is 0 Å². The predicted molar refractivity (Wildman–Crippen MR) is 67.9 cm³/mol. The maximum Gasteiger partial charge on any atom is 0.228 e. The highest BCUT2D eigenvalue weighted by Crippen LogP contribution is 2.18. The fourth-order valence-corrected chi connectivity index (χ4v) is 1.83. The van der Waals surface area contributed by atoms with Crippen LogP contribution in [-0.4, -0.2) is 36.6 Å². The molecule has 0 aliphatic heterocycles. The van der Waals surface area contributed by atoms with Crippen LogP contribution in [0.1, 0.15) is 11.7 Å². The van der Waals surface area contributed by atoms with Crippen molar-refractivity contribution in [1.29, 1.82) is 0 Å². The summed E-state index contributed by atoms with van der Waals surface area (Å²) < 4.78 is 5.02. The van der Waals surface area contributed by atoms with Crippen molar-refractivity contribution in [3.8, 4) is 0 Å². The van der Waals surface area contributed by atoms with Crippen LogP contribution in [0.25, 0.3) is 11.2 Å². The Morgan fingerprint density at radius 2 is 2.26 bits per heavy atom. The lowest BCUT2D eigenvalue weighted by atomic mass is 10.4. The first kappa shape index (κ1) is 11.8. The van der Waals surface area contributed by atoms with Crippen LogP contribution in [0.4, 0.5) is 5.82 Å². The fourth-order valence-electron chi connectivity index (χ4n) is 1.66. The van der Waals surface area contributed by atoms with Crippen LogP contribution in [0.5, 0.6) is 0 Å². The summed E-state index contributed by atoms with van der Waals surface area (Å²) in [6, 6.07) is 0. The van der Waals surface area contributed by atoms with Crippen LogP contribution >= 0.6 is 11.6 Å². The van der Waals surface area contributed by atoms with Crippen LogP contribution < -0.4 is 5.32 Å². The van der Waals surface area contributed by atoms with Gasteiger partial charge in [-0.1, -0.05) is 5.16 Å². The second-order valence-corrected chi connectivity index (χ2v) is 4.19. The molecule has 9 heteroatoms. The van der Waals surface area contributed by atoms with E-state index in [9.17, 15) is 0 Å². The Morgan fingerprint density at radius 3 is 3.05 bits per heavy atom. The molecular weight excluding hydrogens is 270 g/mol. The van der Waals surface area contributed by atoms with Crippen molar-refractivity contribution in [2.45, 2.75) is 13.3 Å². The fraction of sp³-hybridized carbons (Fsp3) is 0.300. The van der Waals surface area contributed by atoms with Gasteiger partial charge in [0.05, 0.1) is 6.33 Å². The predicted octanol–water partition coefficient (Wildman–Crippen LogP) is 1.35. The van der Waals surface area contributed by atoms with E-state index in [1.54, 1.807) is 13.3 Å². The number of nitrogens with one attached hydrogen (secondary N) is 2. The minimum Gasteiger partial charge on any atom is -0.368 e. The van der Waals surface area contributed by atoms with Gasteiger partial charge < -0.3 is 14.8 Å². The van der Waals surface area contributed by atoms with Gasteiger partial charge in [-0.3, -0.25) is 0 Å². The van der Waals surface area contributed by atoms with E-state index in [4.69, 9.17) is 16.1 Å². The monoisotopic (exact) mass is 279 g/mol. The molecule has 0 bridgehead atoms. The molecule has 0 aliphatic rings. The molecule has 2 N–H and O–H groups in total. The van der Waals surface area contributed by atoms with E-state index < -0.39 is 0 Å². The van der Waals surface area contributed by atoms with Crippen LogP contribution in [0.15, 0.2) is 10.9 Å². The second kappa shape index (κ2) is 4.81. The number of fused-ring (bicyclic) bond motifs is 1. The highest BCUT2D eigenvalue weighted by molar-refractivity contribution is 6.28. The summed E-state index contributed by atoms with van der Waals surface area (Å²) in [5, 5.41) is 7.01. The molecule has 3 heterocycles. The lowest BCUT2D eigenvalue weighted by Crippen LogP contribution is -2.07. The van der Waals surface area contributed by atoms with Crippen molar-refractivity contribution in [3.63, 3.8) is 0 Å². The smallest absolute Gasteiger partial charge is 0.228 e. The summed E-state index contributed by atoms with van der Waals surface area (Å²) in [6.45, 7) is 2.36. The third kappa shape index (κ3) is 2.48. The molecule has 98 valence electrons. The highest BCUT2D eigenvalue weighted by Gasteiger charge is 2.09. The highest BCUT2D eigenvalue weighted by atomic mass is 35.5. The van der Waals surface area contributed by atoms with Gasteiger partial charge in [0.1, 0.15) is 5.52 Å². The first-order chi connectivity index (χ1) is 9.22. The molecule has 0 saturated carbocycles. The van der Waals surface area contributed by atoms with Crippen LogP contribution in [-0.2, 0) is 6.42 Å². The van der Waals surface area contributed by atoms with Gasteiger partial charge in [0.2, 0.25) is 11.2 Å². The Kier molecular flexibility index (Phi) is 3.00. The number of aromatic nitrogens is 6. The Balaban J connectivity index is 1.73.